The van der Waals surface area contributed by atoms with Crippen molar-refractivity contribution in [3.63, 3.8) is 0 Å². The molecule has 0 bridgehead atoms. The normalized spacial score (nSPS) is 25.2. The lowest BCUT2D eigenvalue weighted by Crippen LogP contribution is -2.03. The fourth-order valence-electron chi connectivity index (χ4n) is 1.40. The van der Waals surface area contributed by atoms with Gasteiger partial charge in [-0.05, 0) is 25.7 Å². The van der Waals surface area contributed by atoms with E-state index in [-0.39, 0.29) is 4.91 Å². The fourth-order valence-corrected chi connectivity index (χ4v) is 2.13. The van der Waals surface area contributed by atoms with Gasteiger partial charge in [0.15, 0.2) is 0 Å². The molecule has 0 aromatic carbocycles. The predicted octanol–water partition coefficient (Wildman–Crippen LogP) is 2.11. The molecule has 1 rings (SSSR count). The third-order valence-electron chi connectivity index (χ3n) is 2.08. The van der Waals surface area contributed by atoms with E-state index in [9.17, 15) is 8.42 Å². The highest BCUT2D eigenvalue weighted by Crippen LogP contribution is 2.20. The van der Waals surface area contributed by atoms with Crippen LogP contribution in [0.1, 0.15) is 38.5 Å². The highest BCUT2D eigenvalue weighted by Gasteiger charge is 2.13. The molecule has 0 heterocycles. The molecule has 1 N–H and O–H groups in total. The van der Waals surface area contributed by atoms with E-state index in [4.69, 9.17) is 4.55 Å². The maximum Gasteiger partial charge on any atom is 0.290 e. The van der Waals surface area contributed by atoms with Crippen molar-refractivity contribution in [2.75, 3.05) is 0 Å². The Labute approximate surface area is 73.2 Å². The summed E-state index contributed by atoms with van der Waals surface area (Å²) in [5.74, 6) is 0. The summed E-state index contributed by atoms with van der Waals surface area (Å²) in [4.78, 5) is 0.210. The Hall–Kier alpha value is -0.350. The molecule has 0 amide bonds. The number of hydrogen-bond acceptors (Lipinski definition) is 2. The molecule has 12 heavy (non-hydrogen) atoms. The third kappa shape index (κ3) is 2.95. The summed E-state index contributed by atoms with van der Waals surface area (Å²) >= 11 is 0. The summed E-state index contributed by atoms with van der Waals surface area (Å²) in [6.45, 7) is 0. The summed E-state index contributed by atoms with van der Waals surface area (Å²) < 4.78 is 30.2. The zero-order valence-electron chi connectivity index (χ0n) is 6.99. The van der Waals surface area contributed by atoms with Gasteiger partial charge in [0.25, 0.3) is 10.1 Å². The molecule has 4 heteroatoms. The molecule has 0 spiro atoms. The summed E-state index contributed by atoms with van der Waals surface area (Å²) in [7, 11) is -3.90. The number of hydrogen-bond donors (Lipinski definition) is 1. The molecule has 0 saturated heterocycles. The largest absolute Gasteiger partial charge is 0.290 e. The smallest absolute Gasteiger partial charge is 0.282 e. The Morgan fingerprint density at radius 2 is 1.83 bits per heavy atom. The van der Waals surface area contributed by atoms with Crippen LogP contribution >= 0.6 is 0 Å². The maximum absolute atomic E-state index is 10.7. The second-order valence-corrected chi connectivity index (χ2v) is 4.57. The van der Waals surface area contributed by atoms with Crippen molar-refractivity contribution < 1.29 is 13.0 Å². The van der Waals surface area contributed by atoms with Gasteiger partial charge in [-0.1, -0.05) is 18.9 Å². The summed E-state index contributed by atoms with van der Waals surface area (Å²) in [5.41, 5.74) is 0. The molecular formula is C8H14O3S. The third-order valence-corrected chi connectivity index (χ3v) is 3.11. The average molecular weight is 190 g/mol. The Kier molecular flexibility index (Phi) is 3.29. The van der Waals surface area contributed by atoms with Gasteiger partial charge in [-0.15, -0.1) is 0 Å². The topological polar surface area (TPSA) is 54.4 Å². The van der Waals surface area contributed by atoms with Crippen LogP contribution in [0.15, 0.2) is 11.0 Å². The zero-order valence-corrected chi connectivity index (χ0v) is 7.81. The lowest BCUT2D eigenvalue weighted by atomic mass is 10.1. The molecule has 0 aliphatic heterocycles. The van der Waals surface area contributed by atoms with Gasteiger partial charge in [-0.2, -0.15) is 8.42 Å². The molecular weight excluding hydrogens is 176 g/mol. The quantitative estimate of drug-likeness (QED) is 0.644. The summed E-state index contributed by atoms with van der Waals surface area (Å²) in [6, 6.07) is 0. The average Bonchev–Trinajstić information content (AvgIpc) is 1.81. The Morgan fingerprint density at radius 1 is 1.17 bits per heavy atom. The number of allylic oxidation sites excluding steroid dienone is 2. The van der Waals surface area contributed by atoms with E-state index < -0.39 is 10.1 Å². The molecule has 0 aromatic rings. The van der Waals surface area contributed by atoms with Gasteiger partial charge in [0, 0.05) is 0 Å². The van der Waals surface area contributed by atoms with Crippen LogP contribution in [-0.4, -0.2) is 13.0 Å². The maximum atomic E-state index is 10.7. The minimum Gasteiger partial charge on any atom is -0.282 e. The first-order valence-electron chi connectivity index (χ1n) is 4.27. The molecule has 0 atom stereocenters. The van der Waals surface area contributed by atoms with E-state index in [2.05, 4.69) is 0 Å². The molecule has 70 valence electrons. The van der Waals surface area contributed by atoms with Crippen LogP contribution in [0.25, 0.3) is 0 Å². The second-order valence-electron chi connectivity index (χ2n) is 3.10. The Balaban J connectivity index is 2.73. The standard InChI is InChI=1S/C8H14O3S/c9-12(10,11)8-6-4-2-1-3-5-7-8/h6H,1-5,7H2,(H,9,10,11)/b8-6+. The van der Waals surface area contributed by atoms with Gasteiger partial charge in [0.2, 0.25) is 0 Å². The van der Waals surface area contributed by atoms with Crippen LogP contribution in [0.4, 0.5) is 0 Å². The van der Waals surface area contributed by atoms with Crippen molar-refractivity contribution in [2.45, 2.75) is 38.5 Å². The number of rotatable bonds is 1. The van der Waals surface area contributed by atoms with E-state index >= 15 is 0 Å². The summed E-state index contributed by atoms with van der Waals surface area (Å²) in [5, 5.41) is 0. The van der Waals surface area contributed by atoms with E-state index in [0.29, 0.717) is 6.42 Å². The van der Waals surface area contributed by atoms with E-state index in [0.717, 1.165) is 32.1 Å². The first-order valence-corrected chi connectivity index (χ1v) is 5.71. The van der Waals surface area contributed by atoms with Crippen molar-refractivity contribution in [1.82, 2.24) is 0 Å². The molecule has 0 fully saturated rings. The molecule has 0 unspecified atom stereocenters. The van der Waals surface area contributed by atoms with Crippen LogP contribution in [0.3, 0.4) is 0 Å². The molecule has 1 aliphatic carbocycles. The van der Waals surface area contributed by atoms with Crippen LogP contribution in [0.5, 0.6) is 0 Å². The van der Waals surface area contributed by atoms with Gasteiger partial charge in [-0.25, -0.2) is 0 Å². The Bertz CT molecular complexity index is 264. The SMILES string of the molecule is O=S(=O)(O)/C1=C/CCCCCC1. The minimum atomic E-state index is -3.90. The van der Waals surface area contributed by atoms with Crippen molar-refractivity contribution in [3.05, 3.63) is 11.0 Å². The highest BCUT2D eigenvalue weighted by molar-refractivity contribution is 7.89. The van der Waals surface area contributed by atoms with Crippen molar-refractivity contribution in [1.29, 1.82) is 0 Å². The fraction of sp³-hybridized carbons (Fsp3) is 0.750. The first-order chi connectivity index (χ1) is 5.61. The van der Waals surface area contributed by atoms with Crippen molar-refractivity contribution >= 4 is 10.1 Å². The Morgan fingerprint density at radius 3 is 2.50 bits per heavy atom. The highest BCUT2D eigenvalue weighted by atomic mass is 32.2. The van der Waals surface area contributed by atoms with Gasteiger partial charge in [0.05, 0.1) is 4.91 Å². The van der Waals surface area contributed by atoms with Crippen LogP contribution in [0, 0.1) is 0 Å². The lowest BCUT2D eigenvalue weighted by molar-refractivity contribution is 0.486. The zero-order chi connectivity index (χ0) is 9.03. The van der Waals surface area contributed by atoms with Gasteiger partial charge >= 0.3 is 0 Å². The van der Waals surface area contributed by atoms with Gasteiger partial charge in [-0.3, -0.25) is 4.55 Å². The van der Waals surface area contributed by atoms with E-state index in [1.807, 2.05) is 0 Å². The van der Waals surface area contributed by atoms with Crippen LogP contribution < -0.4 is 0 Å². The minimum absolute atomic E-state index is 0.210. The van der Waals surface area contributed by atoms with E-state index in [1.54, 1.807) is 6.08 Å². The van der Waals surface area contributed by atoms with Crippen molar-refractivity contribution in [2.24, 2.45) is 0 Å². The van der Waals surface area contributed by atoms with Gasteiger partial charge < -0.3 is 0 Å². The molecule has 1 aliphatic rings. The lowest BCUT2D eigenvalue weighted by Gasteiger charge is -2.07. The van der Waals surface area contributed by atoms with Gasteiger partial charge in [0.1, 0.15) is 0 Å². The molecule has 0 radical (unpaired) electrons. The predicted molar refractivity (Wildman–Crippen MR) is 47.3 cm³/mol. The molecule has 0 saturated carbocycles. The first kappa shape index (κ1) is 9.74. The van der Waals surface area contributed by atoms with Crippen molar-refractivity contribution in [3.8, 4) is 0 Å². The summed E-state index contributed by atoms with van der Waals surface area (Å²) in [6.07, 6.45) is 7.04. The second kappa shape index (κ2) is 4.05. The molecule has 0 aromatic heterocycles. The van der Waals surface area contributed by atoms with Crippen LogP contribution in [0.2, 0.25) is 0 Å². The van der Waals surface area contributed by atoms with Crippen LogP contribution in [-0.2, 0) is 10.1 Å². The molecule has 3 nitrogen and oxygen atoms in total. The van der Waals surface area contributed by atoms with E-state index in [1.165, 1.54) is 0 Å². The monoisotopic (exact) mass is 190 g/mol.